The minimum Gasteiger partial charge on any atom is -0.390 e. The van der Waals surface area contributed by atoms with Crippen LogP contribution in [0.1, 0.15) is 30.5 Å². The van der Waals surface area contributed by atoms with E-state index in [0.29, 0.717) is 13.2 Å². The van der Waals surface area contributed by atoms with Crippen molar-refractivity contribution < 1.29 is 9.84 Å². The molecular formula is C12H17NO2. The van der Waals surface area contributed by atoms with Crippen molar-refractivity contribution in [3.63, 3.8) is 0 Å². The molecule has 3 heteroatoms. The van der Waals surface area contributed by atoms with E-state index in [1.807, 2.05) is 13.0 Å². The summed E-state index contributed by atoms with van der Waals surface area (Å²) in [5, 5.41) is 9.96. The van der Waals surface area contributed by atoms with Gasteiger partial charge in [0.05, 0.1) is 12.7 Å². The summed E-state index contributed by atoms with van der Waals surface area (Å²) < 4.78 is 5.24. The molecule has 0 aliphatic heterocycles. The maximum absolute atomic E-state index is 9.96. The molecule has 2 rings (SSSR count). The van der Waals surface area contributed by atoms with Gasteiger partial charge in [-0.05, 0) is 31.4 Å². The SMILES string of the molecule is CCOCC(O)C1CCc2cccnc21. The van der Waals surface area contributed by atoms with Gasteiger partial charge >= 0.3 is 0 Å². The largest absolute Gasteiger partial charge is 0.390 e. The van der Waals surface area contributed by atoms with Gasteiger partial charge in [-0.25, -0.2) is 0 Å². The lowest BCUT2D eigenvalue weighted by Gasteiger charge is -2.17. The highest BCUT2D eigenvalue weighted by atomic mass is 16.5. The van der Waals surface area contributed by atoms with Crippen molar-refractivity contribution in [1.82, 2.24) is 4.98 Å². The summed E-state index contributed by atoms with van der Waals surface area (Å²) in [5.41, 5.74) is 2.34. The molecule has 2 atom stereocenters. The summed E-state index contributed by atoms with van der Waals surface area (Å²) in [6.45, 7) is 3.00. The van der Waals surface area contributed by atoms with Crippen LogP contribution in [0.2, 0.25) is 0 Å². The molecule has 0 amide bonds. The van der Waals surface area contributed by atoms with Crippen LogP contribution in [-0.2, 0) is 11.2 Å². The smallest absolute Gasteiger partial charge is 0.0857 e. The average Bonchev–Trinajstić information content (AvgIpc) is 2.69. The molecule has 0 saturated carbocycles. The Bertz CT molecular complexity index is 327. The van der Waals surface area contributed by atoms with Crippen LogP contribution >= 0.6 is 0 Å². The number of aromatic nitrogens is 1. The standard InChI is InChI=1S/C12H17NO2/c1-2-15-8-11(14)10-6-5-9-4-3-7-13-12(9)10/h3-4,7,10-11,14H,2,5-6,8H2,1H3. The number of rotatable bonds is 4. The minimum absolute atomic E-state index is 0.160. The van der Waals surface area contributed by atoms with Crippen molar-refractivity contribution in [2.45, 2.75) is 31.8 Å². The van der Waals surface area contributed by atoms with Crippen LogP contribution in [0.4, 0.5) is 0 Å². The lowest BCUT2D eigenvalue weighted by Crippen LogP contribution is -2.23. The van der Waals surface area contributed by atoms with Crippen molar-refractivity contribution in [2.24, 2.45) is 0 Å². The summed E-state index contributed by atoms with van der Waals surface area (Å²) >= 11 is 0. The van der Waals surface area contributed by atoms with E-state index in [-0.39, 0.29) is 5.92 Å². The first-order valence-corrected chi connectivity index (χ1v) is 5.52. The second-order valence-corrected chi connectivity index (χ2v) is 3.92. The topological polar surface area (TPSA) is 42.4 Å². The molecule has 1 aliphatic carbocycles. The molecule has 0 aromatic carbocycles. The lowest BCUT2D eigenvalue weighted by molar-refractivity contribution is 0.0269. The highest BCUT2D eigenvalue weighted by Crippen LogP contribution is 2.33. The zero-order chi connectivity index (χ0) is 10.7. The number of aryl methyl sites for hydroxylation is 1. The molecule has 1 aromatic heterocycles. The van der Waals surface area contributed by atoms with Gasteiger partial charge in [0.2, 0.25) is 0 Å². The second kappa shape index (κ2) is 4.73. The Kier molecular flexibility index (Phi) is 3.34. The maximum Gasteiger partial charge on any atom is 0.0857 e. The van der Waals surface area contributed by atoms with E-state index in [9.17, 15) is 5.11 Å². The van der Waals surface area contributed by atoms with Gasteiger partial charge in [-0.3, -0.25) is 4.98 Å². The maximum atomic E-state index is 9.96. The number of fused-ring (bicyclic) bond motifs is 1. The van der Waals surface area contributed by atoms with Crippen LogP contribution in [0.5, 0.6) is 0 Å². The van der Waals surface area contributed by atoms with Gasteiger partial charge in [-0.1, -0.05) is 6.07 Å². The Hall–Kier alpha value is -0.930. The van der Waals surface area contributed by atoms with E-state index in [0.717, 1.165) is 18.5 Å². The highest BCUT2D eigenvalue weighted by molar-refractivity contribution is 5.29. The summed E-state index contributed by atoms with van der Waals surface area (Å²) in [5.74, 6) is 0.160. The monoisotopic (exact) mass is 207 g/mol. The predicted molar refractivity (Wildman–Crippen MR) is 57.8 cm³/mol. The normalized spacial score (nSPS) is 21.3. The summed E-state index contributed by atoms with van der Waals surface area (Å²) in [6, 6.07) is 4.05. The molecule has 0 fully saturated rings. The number of ether oxygens (including phenoxy) is 1. The number of hydrogen-bond donors (Lipinski definition) is 1. The fraction of sp³-hybridized carbons (Fsp3) is 0.583. The molecule has 82 valence electrons. The number of pyridine rings is 1. The molecule has 0 bridgehead atoms. The van der Waals surface area contributed by atoms with Gasteiger partial charge < -0.3 is 9.84 Å². The number of hydrogen-bond acceptors (Lipinski definition) is 3. The zero-order valence-corrected chi connectivity index (χ0v) is 9.02. The van der Waals surface area contributed by atoms with Crippen LogP contribution < -0.4 is 0 Å². The molecule has 0 saturated heterocycles. The Morgan fingerprint density at radius 3 is 3.33 bits per heavy atom. The number of nitrogens with zero attached hydrogens (tertiary/aromatic N) is 1. The molecule has 1 aliphatic rings. The molecule has 0 radical (unpaired) electrons. The zero-order valence-electron chi connectivity index (χ0n) is 9.02. The van der Waals surface area contributed by atoms with E-state index in [2.05, 4.69) is 11.1 Å². The fourth-order valence-electron chi connectivity index (χ4n) is 2.17. The third-order valence-corrected chi connectivity index (χ3v) is 2.96. The van der Waals surface area contributed by atoms with Gasteiger partial charge in [0.1, 0.15) is 0 Å². The molecule has 1 N–H and O–H groups in total. The second-order valence-electron chi connectivity index (χ2n) is 3.92. The van der Waals surface area contributed by atoms with E-state index in [4.69, 9.17) is 4.74 Å². The minimum atomic E-state index is -0.416. The van der Waals surface area contributed by atoms with Gasteiger partial charge in [-0.15, -0.1) is 0 Å². The lowest BCUT2D eigenvalue weighted by atomic mass is 10.0. The molecular weight excluding hydrogens is 190 g/mol. The van der Waals surface area contributed by atoms with Crippen LogP contribution in [0.3, 0.4) is 0 Å². The average molecular weight is 207 g/mol. The van der Waals surface area contributed by atoms with Gasteiger partial charge in [0, 0.05) is 24.4 Å². The number of aliphatic hydroxyl groups is 1. The van der Waals surface area contributed by atoms with Crippen LogP contribution in [0.25, 0.3) is 0 Å². The van der Waals surface area contributed by atoms with Crippen molar-refractivity contribution in [1.29, 1.82) is 0 Å². The van der Waals surface area contributed by atoms with Crippen LogP contribution in [0, 0.1) is 0 Å². The third-order valence-electron chi connectivity index (χ3n) is 2.96. The summed E-state index contributed by atoms with van der Waals surface area (Å²) in [6.07, 6.45) is 3.39. The van der Waals surface area contributed by atoms with Crippen molar-refractivity contribution in [2.75, 3.05) is 13.2 Å². The Labute approximate surface area is 90.1 Å². The molecule has 1 aromatic rings. The first-order chi connectivity index (χ1) is 7.33. The predicted octanol–water partition coefficient (Wildman–Crippen LogP) is 1.51. The van der Waals surface area contributed by atoms with Gasteiger partial charge in [-0.2, -0.15) is 0 Å². The number of aliphatic hydroxyl groups excluding tert-OH is 1. The molecule has 2 unspecified atom stereocenters. The van der Waals surface area contributed by atoms with Crippen molar-refractivity contribution >= 4 is 0 Å². The Morgan fingerprint density at radius 1 is 1.67 bits per heavy atom. The van der Waals surface area contributed by atoms with Gasteiger partial charge in [0.15, 0.2) is 0 Å². The quantitative estimate of drug-likeness (QED) is 0.813. The molecule has 15 heavy (non-hydrogen) atoms. The van der Waals surface area contributed by atoms with Gasteiger partial charge in [0.25, 0.3) is 0 Å². The fourth-order valence-corrected chi connectivity index (χ4v) is 2.17. The van der Waals surface area contributed by atoms with E-state index in [1.54, 1.807) is 6.20 Å². The molecule has 3 nitrogen and oxygen atoms in total. The molecule has 0 spiro atoms. The van der Waals surface area contributed by atoms with Crippen molar-refractivity contribution in [3.05, 3.63) is 29.6 Å². The van der Waals surface area contributed by atoms with Crippen molar-refractivity contribution in [3.8, 4) is 0 Å². The van der Waals surface area contributed by atoms with E-state index >= 15 is 0 Å². The summed E-state index contributed by atoms with van der Waals surface area (Å²) in [7, 11) is 0. The Balaban J connectivity index is 2.06. The Morgan fingerprint density at radius 2 is 2.53 bits per heavy atom. The van der Waals surface area contributed by atoms with E-state index in [1.165, 1.54) is 5.56 Å². The first kappa shape index (κ1) is 10.6. The van der Waals surface area contributed by atoms with Crippen LogP contribution in [0.15, 0.2) is 18.3 Å². The van der Waals surface area contributed by atoms with E-state index < -0.39 is 6.10 Å². The van der Waals surface area contributed by atoms with Crippen LogP contribution in [-0.4, -0.2) is 29.4 Å². The third kappa shape index (κ3) is 2.19. The first-order valence-electron chi connectivity index (χ1n) is 5.52. The summed E-state index contributed by atoms with van der Waals surface area (Å²) in [4.78, 5) is 4.35. The molecule has 1 heterocycles. The highest BCUT2D eigenvalue weighted by Gasteiger charge is 2.29.